The van der Waals surface area contributed by atoms with Crippen molar-refractivity contribution in [2.75, 3.05) is 6.61 Å². The van der Waals surface area contributed by atoms with Crippen LogP contribution in [0.1, 0.15) is 21.6 Å². The fourth-order valence-electron chi connectivity index (χ4n) is 2.32. The molecule has 0 atom stereocenters. The minimum Gasteiger partial charge on any atom is -0.483 e. The molecule has 0 aliphatic carbocycles. The summed E-state index contributed by atoms with van der Waals surface area (Å²) < 4.78 is 5.46. The van der Waals surface area contributed by atoms with Gasteiger partial charge in [-0.1, -0.05) is 18.2 Å². The van der Waals surface area contributed by atoms with Crippen LogP contribution in [0.4, 0.5) is 0 Å². The molecule has 0 N–H and O–H groups in total. The van der Waals surface area contributed by atoms with Crippen LogP contribution in [0.25, 0.3) is 0 Å². The van der Waals surface area contributed by atoms with Crippen LogP contribution in [0.3, 0.4) is 0 Å². The Labute approximate surface area is 122 Å². The lowest BCUT2D eigenvalue weighted by atomic mass is 10.2. The second kappa shape index (κ2) is 5.75. The van der Waals surface area contributed by atoms with Crippen LogP contribution in [0.15, 0.2) is 42.6 Å². The molecular weight excluding hydrogens is 268 g/mol. The Balaban J connectivity index is 1.62. The minimum absolute atomic E-state index is 0.0845. The summed E-state index contributed by atoms with van der Waals surface area (Å²) >= 11 is 0. The first kappa shape index (κ1) is 13.3. The molecule has 0 saturated carbocycles. The van der Waals surface area contributed by atoms with Gasteiger partial charge in [0.15, 0.2) is 12.9 Å². The summed E-state index contributed by atoms with van der Waals surface area (Å²) in [7, 11) is 0. The van der Waals surface area contributed by atoms with E-state index in [0.717, 1.165) is 17.5 Å². The van der Waals surface area contributed by atoms with Crippen molar-refractivity contribution in [2.24, 2.45) is 0 Å². The number of pyridine rings is 1. The second-order valence-electron chi connectivity index (χ2n) is 4.80. The van der Waals surface area contributed by atoms with Crippen LogP contribution >= 0.6 is 0 Å². The Morgan fingerprint density at radius 3 is 2.90 bits per heavy atom. The van der Waals surface area contributed by atoms with E-state index >= 15 is 0 Å². The third kappa shape index (κ3) is 2.76. The molecule has 5 heteroatoms. The topological polar surface area (TPSA) is 59.5 Å². The fraction of sp³-hybridized carbons (Fsp3) is 0.188. The number of fused-ring (bicyclic) bond motifs is 1. The molecular formula is C16H14N2O3. The van der Waals surface area contributed by atoms with Crippen molar-refractivity contribution >= 4 is 12.2 Å². The molecule has 2 aromatic rings. The van der Waals surface area contributed by atoms with Gasteiger partial charge < -0.3 is 9.64 Å². The van der Waals surface area contributed by atoms with Crippen molar-refractivity contribution in [1.82, 2.24) is 9.88 Å². The number of amides is 1. The van der Waals surface area contributed by atoms with Crippen molar-refractivity contribution in [3.63, 3.8) is 0 Å². The van der Waals surface area contributed by atoms with Crippen LogP contribution in [-0.4, -0.2) is 28.7 Å². The van der Waals surface area contributed by atoms with Gasteiger partial charge in [0, 0.05) is 12.7 Å². The lowest BCUT2D eigenvalue weighted by Gasteiger charge is -2.16. The second-order valence-corrected chi connectivity index (χ2v) is 4.80. The average Bonchev–Trinajstić information content (AvgIpc) is 2.97. The molecule has 1 aromatic carbocycles. The Bertz CT molecular complexity index is 660. The van der Waals surface area contributed by atoms with Crippen molar-refractivity contribution in [3.05, 3.63) is 59.4 Å². The average molecular weight is 282 g/mol. The number of rotatable bonds is 4. The minimum atomic E-state index is -0.117. The molecule has 0 unspecified atom stereocenters. The van der Waals surface area contributed by atoms with Crippen LogP contribution in [0, 0.1) is 0 Å². The maximum atomic E-state index is 12.2. The molecule has 106 valence electrons. The maximum Gasteiger partial charge on any atom is 0.261 e. The first-order chi connectivity index (χ1) is 10.3. The quantitative estimate of drug-likeness (QED) is 0.803. The highest BCUT2D eigenvalue weighted by molar-refractivity contribution is 5.81. The first-order valence-corrected chi connectivity index (χ1v) is 6.65. The molecule has 1 aromatic heterocycles. The fourth-order valence-corrected chi connectivity index (χ4v) is 2.32. The van der Waals surface area contributed by atoms with Crippen LogP contribution < -0.4 is 4.74 Å². The van der Waals surface area contributed by atoms with Gasteiger partial charge in [-0.3, -0.25) is 14.6 Å². The van der Waals surface area contributed by atoms with E-state index in [1.54, 1.807) is 35.4 Å². The first-order valence-electron chi connectivity index (χ1n) is 6.65. The highest BCUT2D eigenvalue weighted by atomic mass is 16.5. The molecule has 1 aliphatic rings. The number of para-hydroxylation sites is 1. The number of carbonyl (C=O) groups excluding carboxylic acids is 2. The van der Waals surface area contributed by atoms with E-state index in [9.17, 15) is 9.59 Å². The van der Waals surface area contributed by atoms with Crippen molar-refractivity contribution in [1.29, 1.82) is 0 Å². The standard InChI is InChI=1S/C16H14N2O3/c19-10-13-4-1-2-6-15(13)21-11-16(20)18-8-12-5-3-7-17-14(12)9-18/h1-7,10H,8-9,11H2. The van der Waals surface area contributed by atoms with E-state index in [-0.39, 0.29) is 12.5 Å². The van der Waals surface area contributed by atoms with Gasteiger partial charge in [0.1, 0.15) is 5.75 Å². The summed E-state index contributed by atoms with van der Waals surface area (Å²) in [6.45, 7) is 0.979. The number of ether oxygens (including phenoxy) is 1. The van der Waals surface area contributed by atoms with E-state index in [4.69, 9.17) is 4.74 Å². The van der Waals surface area contributed by atoms with Gasteiger partial charge in [-0.15, -0.1) is 0 Å². The monoisotopic (exact) mass is 282 g/mol. The van der Waals surface area contributed by atoms with Crippen LogP contribution in [-0.2, 0) is 17.9 Å². The number of aldehydes is 1. The predicted molar refractivity (Wildman–Crippen MR) is 75.8 cm³/mol. The van der Waals surface area contributed by atoms with E-state index in [1.165, 1.54) is 0 Å². The molecule has 0 radical (unpaired) electrons. The zero-order valence-electron chi connectivity index (χ0n) is 11.4. The van der Waals surface area contributed by atoms with Crippen LogP contribution in [0.5, 0.6) is 5.75 Å². The SMILES string of the molecule is O=Cc1ccccc1OCC(=O)N1Cc2cccnc2C1. The molecule has 5 nitrogen and oxygen atoms in total. The zero-order valence-corrected chi connectivity index (χ0v) is 11.4. The molecule has 21 heavy (non-hydrogen) atoms. The number of benzene rings is 1. The van der Waals surface area contributed by atoms with Crippen molar-refractivity contribution in [2.45, 2.75) is 13.1 Å². The van der Waals surface area contributed by atoms with E-state index in [1.807, 2.05) is 12.1 Å². The van der Waals surface area contributed by atoms with E-state index in [2.05, 4.69) is 4.98 Å². The predicted octanol–water partition coefficient (Wildman–Crippen LogP) is 1.82. The Hall–Kier alpha value is -2.69. The number of nitrogens with zero attached hydrogens (tertiary/aromatic N) is 2. The summed E-state index contributed by atoms with van der Waals surface area (Å²) in [6.07, 6.45) is 2.44. The largest absolute Gasteiger partial charge is 0.483 e. The van der Waals surface area contributed by atoms with Gasteiger partial charge in [0.2, 0.25) is 0 Å². The number of hydrogen-bond donors (Lipinski definition) is 0. The third-order valence-corrected chi connectivity index (χ3v) is 3.44. The van der Waals surface area contributed by atoms with Gasteiger partial charge in [0.05, 0.1) is 17.8 Å². The Morgan fingerprint density at radius 1 is 1.24 bits per heavy atom. The lowest BCUT2D eigenvalue weighted by Crippen LogP contribution is -2.30. The number of hydrogen-bond acceptors (Lipinski definition) is 4. The zero-order chi connectivity index (χ0) is 14.7. The molecule has 0 fully saturated rings. The van der Waals surface area contributed by atoms with E-state index < -0.39 is 0 Å². The molecule has 3 rings (SSSR count). The molecule has 0 spiro atoms. The summed E-state index contributed by atoms with van der Waals surface area (Å²) in [5, 5.41) is 0. The molecule has 0 saturated heterocycles. The highest BCUT2D eigenvalue weighted by Gasteiger charge is 2.24. The van der Waals surface area contributed by atoms with Crippen molar-refractivity contribution in [3.8, 4) is 5.75 Å². The summed E-state index contributed by atoms with van der Waals surface area (Å²) in [5.41, 5.74) is 2.44. The van der Waals surface area contributed by atoms with Gasteiger partial charge >= 0.3 is 0 Å². The van der Waals surface area contributed by atoms with Crippen molar-refractivity contribution < 1.29 is 14.3 Å². The maximum absolute atomic E-state index is 12.2. The van der Waals surface area contributed by atoms with Crippen LogP contribution in [0.2, 0.25) is 0 Å². The molecule has 2 heterocycles. The normalized spacial score (nSPS) is 12.9. The summed E-state index contributed by atoms with van der Waals surface area (Å²) in [4.78, 5) is 29.0. The third-order valence-electron chi connectivity index (χ3n) is 3.44. The van der Waals surface area contributed by atoms with Gasteiger partial charge in [-0.05, 0) is 23.8 Å². The van der Waals surface area contributed by atoms with E-state index in [0.29, 0.717) is 24.4 Å². The Kier molecular flexibility index (Phi) is 3.64. The number of aromatic nitrogens is 1. The summed E-state index contributed by atoms with van der Waals surface area (Å²) in [6, 6.07) is 10.7. The molecule has 0 bridgehead atoms. The Morgan fingerprint density at radius 2 is 2.10 bits per heavy atom. The van der Waals surface area contributed by atoms with Gasteiger partial charge in [-0.25, -0.2) is 0 Å². The number of carbonyl (C=O) groups is 2. The molecule has 1 amide bonds. The smallest absolute Gasteiger partial charge is 0.261 e. The molecule has 1 aliphatic heterocycles. The lowest BCUT2D eigenvalue weighted by molar-refractivity contribution is -0.134. The summed E-state index contributed by atoms with van der Waals surface area (Å²) in [5.74, 6) is 0.310. The van der Waals surface area contributed by atoms with Gasteiger partial charge in [0.25, 0.3) is 5.91 Å². The van der Waals surface area contributed by atoms with Gasteiger partial charge in [-0.2, -0.15) is 0 Å². The highest BCUT2D eigenvalue weighted by Crippen LogP contribution is 2.21.